The summed E-state index contributed by atoms with van der Waals surface area (Å²) in [6, 6.07) is 25.3. The monoisotopic (exact) mass is 411 g/mol. The van der Waals surface area contributed by atoms with Crippen LogP contribution in [0.1, 0.15) is 0 Å². The SMILES string of the molecule is c1ccc(-n2c3cc(-n4c5ccncc5c5cnccc54)ccc3c3ncccc32)cc1. The molecule has 7 rings (SSSR count). The van der Waals surface area contributed by atoms with Gasteiger partial charge in [0.2, 0.25) is 0 Å². The smallest absolute Gasteiger partial charge is 0.0963 e. The molecule has 0 N–H and O–H groups in total. The molecule has 0 bridgehead atoms. The van der Waals surface area contributed by atoms with E-state index in [1.54, 1.807) is 0 Å². The largest absolute Gasteiger partial charge is 0.309 e. The summed E-state index contributed by atoms with van der Waals surface area (Å²) in [6.45, 7) is 0. The van der Waals surface area contributed by atoms with E-state index in [1.165, 1.54) is 0 Å². The summed E-state index contributed by atoms with van der Waals surface area (Å²) < 4.78 is 4.58. The van der Waals surface area contributed by atoms with Crippen molar-refractivity contribution in [2.75, 3.05) is 0 Å². The number of para-hydroxylation sites is 1. The number of hydrogen-bond donors (Lipinski definition) is 0. The Kier molecular flexibility index (Phi) is 3.49. The third-order valence-corrected chi connectivity index (χ3v) is 6.15. The average Bonchev–Trinajstić information content (AvgIpc) is 3.37. The second kappa shape index (κ2) is 6.49. The topological polar surface area (TPSA) is 48.5 Å². The number of fused-ring (bicyclic) bond motifs is 6. The first kappa shape index (κ1) is 17.2. The van der Waals surface area contributed by atoms with Gasteiger partial charge >= 0.3 is 0 Å². The van der Waals surface area contributed by atoms with Gasteiger partial charge in [0.25, 0.3) is 0 Å². The lowest BCUT2D eigenvalue weighted by Gasteiger charge is -2.11. The van der Waals surface area contributed by atoms with Crippen molar-refractivity contribution in [1.29, 1.82) is 0 Å². The molecule has 0 fully saturated rings. The molecule has 150 valence electrons. The van der Waals surface area contributed by atoms with Crippen LogP contribution in [-0.4, -0.2) is 24.1 Å². The Morgan fingerprint density at radius 1 is 0.500 bits per heavy atom. The zero-order chi connectivity index (χ0) is 21.1. The molecule has 0 aliphatic rings. The molecule has 5 nitrogen and oxygen atoms in total. The van der Waals surface area contributed by atoms with E-state index in [1.807, 2.05) is 43.1 Å². The molecule has 0 saturated heterocycles. The fraction of sp³-hybridized carbons (Fsp3) is 0. The summed E-state index contributed by atoms with van der Waals surface area (Å²) in [5.41, 5.74) is 7.67. The lowest BCUT2D eigenvalue weighted by Crippen LogP contribution is -1.96. The van der Waals surface area contributed by atoms with Gasteiger partial charge in [-0.25, -0.2) is 0 Å². The average molecular weight is 411 g/mol. The molecule has 5 heteroatoms. The van der Waals surface area contributed by atoms with E-state index >= 15 is 0 Å². The molecular formula is C27H17N5. The van der Waals surface area contributed by atoms with Crippen LogP contribution in [0.3, 0.4) is 0 Å². The molecule has 0 atom stereocenters. The van der Waals surface area contributed by atoms with Gasteiger partial charge in [0.15, 0.2) is 0 Å². The van der Waals surface area contributed by atoms with E-state index in [0.29, 0.717) is 0 Å². The number of pyridine rings is 3. The van der Waals surface area contributed by atoms with Gasteiger partial charge in [-0.3, -0.25) is 15.0 Å². The minimum Gasteiger partial charge on any atom is -0.309 e. The van der Waals surface area contributed by atoms with Crippen molar-refractivity contribution in [2.24, 2.45) is 0 Å². The molecular weight excluding hydrogens is 394 g/mol. The first-order chi connectivity index (χ1) is 15.9. The van der Waals surface area contributed by atoms with Crippen LogP contribution in [0.4, 0.5) is 0 Å². The molecule has 0 unspecified atom stereocenters. The van der Waals surface area contributed by atoms with Crippen molar-refractivity contribution in [2.45, 2.75) is 0 Å². The van der Waals surface area contributed by atoms with Crippen LogP contribution in [0.25, 0.3) is 55.1 Å². The predicted octanol–water partition coefficient (Wildman–Crippen LogP) is 6.07. The van der Waals surface area contributed by atoms with E-state index in [-0.39, 0.29) is 0 Å². The number of benzene rings is 2. The summed E-state index contributed by atoms with van der Waals surface area (Å²) in [5, 5.41) is 3.33. The molecule has 0 amide bonds. The molecule has 0 saturated carbocycles. The summed E-state index contributed by atoms with van der Waals surface area (Å²) in [4.78, 5) is 13.4. The van der Waals surface area contributed by atoms with Gasteiger partial charge in [-0.05, 0) is 54.6 Å². The highest BCUT2D eigenvalue weighted by atomic mass is 15.0. The van der Waals surface area contributed by atoms with Crippen LogP contribution in [0.2, 0.25) is 0 Å². The second-order valence-corrected chi connectivity index (χ2v) is 7.86. The van der Waals surface area contributed by atoms with Gasteiger partial charge in [-0.2, -0.15) is 0 Å². The summed E-state index contributed by atoms with van der Waals surface area (Å²) in [7, 11) is 0. The standard InChI is InChI=1S/C27H17N5/c1-2-5-18(6-3-1)31-25-7-4-12-30-27(25)20-9-8-19(15-26(20)31)32-23-10-13-28-16-21(23)22-17-29-14-11-24(22)32/h1-17H. The van der Waals surface area contributed by atoms with Gasteiger partial charge < -0.3 is 9.13 Å². The van der Waals surface area contributed by atoms with E-state index in [0.717, 1.165) is 55.1 Å². The quantitative estimate of drug-likeness (QED) is 0.347. The Bertz CT molecular complexity index is 1720. The highest BCUT2D eigenvalue weighted by molar-refractivity contribution is 6.10. The van der Waals surface area contributed by atoms with E-state index in [2.05, 4.69) is 79.8 Å². The second-order valence-electron chi connectivity index (χ2n) is 7.86. The first-order valence-electron chi connectivity index (χ1n) is 10.5. The van der Waals surface area contributed by atoms with Crippen LogP contribution in [-0.2, 0) is 0 Å². The van der Waals surface area contributed by atoms with Gasteiger partial charge in [-0.15, -0.1) is 0 Å². The third-order valence-electron chi connectivity index (χ3n) is 6.15. The van der Waals surface area contributed by atoms with Gasteiger partial charge in [0, 0.05) is 58.5 Å². The van der Waals surface area contributed by atoms with Crippen LogP contribution >= 0.6 is 0 Å². The predicted molar refractivity (Wildman–Crippen MR) is 129 cm³/mol. The molecule has 0 aliphatic carbocycles. The number of rotatable bonds is 2. The van der Waals surface area contributed by atoms with Crippen molar-refractivity contribution in [3.05, 3.63) is 104 Å². The molecule has 5 aromatic heterocycles. The summed E-state index contributed by atoms with van der Waals surface area (Å²) in [5.74, 6) is 0. The third kappa shape index (κ3) is 2.30. The van der Waals surface area contributed by atoms with Crippen LogP contribution < -0.4 is 0 Å². The zero-order valence-electron chi connectivity index (χ0n) is 17.1. The number of nitrogens with zero attached hydrogens (tertiary/aromatic N) is 5. The van der Waals surface area contributed by atoms with Crippen LogP contribution in [0, 0.1) is 0 Å². The lowest BCUT2D eigenvalue weighted by atomic mass is 10.2. The number of aromatic nitrogens is 5. The Morgan fingerprint density at radius 3 is 1.97 bits per heavy atom. The summed E-state index contributed by atoms with van der Waals surface area (Å²) in [6.07, 6.45) is 9.37. The van der Waals surface area contributed by atoms with E-state index in [4.69, 9.17) is 4.98 Å². The molecule has 7 aromatic rings. The van der Waals surface area contributed by atoms with E-state index in [9.17, 15) is 0 Å². The van der Waals surface area contributed by atoms with E-state index < -0.39 is 0 Å². The molecule has 0 aliphatic heterocycles. The zero-order valence-corrected chi connectivity index (χ0v) is 17.1. The van der Waals surface area contributed by atoms with Gasteiger partial charge in [0.05, 0.1) is 27.6 Å². The molecule has 0 radical (unpaired) electrons. The lowest BCUT2D eigenvalue weighted by molar-refractivity contribution is 1.15. The maximum absolute atomic E-state index is 4.70. The van der Waals surface area contributed by atoms with Crippen molar-refractivity contribution in [3.63, 3.8) is 0 Å². The highest BCUT2D eigenvalue weighted by Crippen LogP contribution is 2.35. The van der Waals surface area contributed by atoms with Crippen LogP contribution in [0.5, 0.6) is 0 Å². The maximum Gasteiger partial charge on any atom is 0.0963 e. The van der Waals surface area contributed by atoms with Crippen molar-refractivity contribution in [1.82, 2.24) is 24.1 Å². The van der Waals surface area contributed by atoms with Crippen molar-refractivity contribution >= 4 is 43.7 Å². The Morgan fingerprint density at radius 2 is 1.22 bits per heavy atom. The van der Waals surface area contributed by atoms with Crippen molar-refractivity contribution in [3.8, 4) is 11.4 Å². The van der Waals surface area contributed by atoms with Gasteiger partial charge in [-0.1, -0.05) is 18.2 Å². The maximum atomic E-state index is 4.70. The fourth-order valence-electron chi connectivity index (χ4n) is 4.80. The molecule has 32 heavy (non-hydrogen) atoms. The Balaban J connectivity index is 1.62. The first-order valence-corrected chi connectivity index (χ1v) is 10.5. The minimum atomic E-state index is 1.01. The Hall–Kier alpha value is -4.51. The molecule has 0 spiro atoms. The summed E-state index contributed by atoms with van der Waals surface area (Å²) >= 11 is 0. The molecule has 5 heterocycles. The highest BCUT2D eigenvalue weighted by Gasteiger charge is 2.16. The van der Waals surface area contributed by atoms with Crippen LogP contribution in [0.15, 0.2) is 104 Å². The number of hydrogen-bond acceptors (Lipinski definition) is 3. The Labute approximate surface area is 183 Å². The minimum absolute atomic E-state index is 1.01. The fourth-order valence-corrected chi connectivity index (χ4v) is 4.80. The normalized spacial score (nSPS) is 11.8. The van der Waals surface area contributed by atoms with Crippen molar-refractivity contribution < 1.29 is 0 Å². The van der Waals surface area contributed by atoms with Gasteiger partial charge in [0.1, 0.15) is 0 Å². The molecule has 2 aromatic carbocycles.